The molecule has 0 radical (unpaired) electrons. The molecule has 1 unspecified atom stereocenters. The van der Waals surface area contributed by atoms with Gasteiger partial charge in [-0.1, -0.05) is 26.3 Å². The zero-order chi connectivity index (χ0) is 22.1. The van der Waals surface area contributed by atoms with Gasteiger partial charge in [-0.25, -0.2) is 9.68 Å². The van der Waals surface area contributed by atoms with Crippen molar-refractivity contribution in [2.45, 2.75) is 12.5 Å². The summed E-state index contributed by atoms with van der Waals surface area (Å²) in [5.41, 5.74) is -1.03. The van der Waals surface area contributed by atoms with E-state index in [2.05, 4.69) is 31.2 Å². The zero-order valence-electron chi connectivity index (χ0n) is 16.4. The van der Waals surface area contributed by atoms with Crippen molar-refractivity contribution in [3.63, 3.8) is 0 Å². The quantitative estimate of drug-likeness (QED) is 0.0410. The molecule has 10 nitrogen and oxygen atoms in total. The predicted octanol–water partition coefficient (Wildman–Crippen LogP) is 1.13. The molecule has 0 bridgehead atoms. The van der Waals surface area contributed by atoms with Crippen LogP contribution in [-0.4, -0.2) is 74.2 Å². The van der Waals surface area contributed by atoms with Crippen LogP contribution in [-0.2, 0) is 33.4 Å². The van der Waals surface area contributed by atoms with Crippen LogP contribution in [0.2, 0.25) is 0 Å². The van der Waals surface area contributed by atoms with Crippen molar-refractivity contribution in [3.8, 4) is 0 Å². The van der Waals surface area contributed by atoms with Crippen LogP contribution in [0, 0.1) is 5.41 Å². The van der Waals surface area contributed by atoms with Gasteiger partial charge >= 0.3 is 5.97 Å². The highest BCUT2D eigenvalue weighted by Crippen LogP contribution is 2.30. The van der Waals surface area contributed by atoms with Gasteiger partial charge in [-0.2, -0.15) is 0 Å². The minimum Gasteiger partial charge on any atom is -0.476 e. The minimum atomic E-state index is -1.08. The average molecular weight is 418 g/mol. The molecule has 29 heavy (non-hydrogen) atoms. The fourth-order valence-corrected chi connectivity index (χ4v) is 2.15. The van der Waals surface area contributed by atoms with E-state index in [4.69, 9.17) is 28.8 Å². The Morgan fingerprint density at radius 2 is 1.52 bits per heavy atom. The van der Waals surface area contributed by atoms with Crippen LogP contribution in [0.4, 0.5) is 0 Å². The van der Waals surface area contributed by atoms with Gasteiger partial charge < -0.3 is 33.9 Å². The molecule has 0 rings (SSSR count). The van der Waals surface area contributed by atoms with Gasteiger partial charge in [0, 0.05) is 0 Å². The van der Waals surface area contributed by atoms with E-state index in [-0.39, 0.29) is 51.0 Å². The lowest BCUT2D eigenvalue weighted by Crippen LogP contribution is -2.42. The Kier molecular flexibility index (Phi) is 14.5. The number of rotatable bonds is 19. The molecule has 3 N–H and O–H groups in total. The van der Waals surface area contributed by atoms with Crippen molar-refractivity contribution < 1.29 is 48.8 Å². The largest absolute Gasteiger partial charge is 0.476 e. The molecule has 0 amide bonds. The lowest BCUT2D eigenvalue weighted by molar-refractivity contribution is -0.279. The first-order valence-electron chi connectivity index (χ1n) is 8.54. The number of esters is 1. The van der Waals surface area contributed by atoms with Crippen molar-refractivity contribution in [1.82, 2.24) is 0 Å². The predicted molar refractivity (Wildman–Crippen MR) is 102 cm³/mol. The van der Waals surface area contributed by atoms with Gasteiger partial charge in [-0.05, 0) is 12.0 Å². The fourth-order valence-electron chi connectivity index (χ4n) is 2.15. The van der Waals surface area contributed by atoms with Crippen LogP contribution in [0.1, 0.15) is 6.42 Å². The number of hydrogen-bond acceptors (Lipinski definition) is 10. The molecule has 1 atom stereocenters. The monoisotopic (exact) mass is 418 g/mol. The molecule has 0 heterocycles. The molecular formula is C19H30O10. The van der Waals surface area contributed by atoms with Gasteiger partial charge in [0.1, 0.15) is 12.7 Å². The van der Waals surface area contributed by atoms with Crippen molar-refractivity contribution in [1.29, 1.82) is 0 Å². The summed E-state index contributed by atoms with van der Waals surface area (Å²) >= 11 is 0. The van der Waals surface area contributed by atoms with E-state index < -0.39 is 30.7 Å². The summed E-state index contributed by atoms with van der Waals surface area (Å²) in [6.07, 6.45) is 1.36. The SMILES string of the molecule is C=COCOCC(COCOC=C)(COC(=O)C(=C)CO)CC(OO)C(=C)CO. The lowest BCUT2D eigenvalue weighted by atomic mass is 9.82. The van der Waals surface area contributed by atoms with Crippen LogP contribution < -0.4 is 0 Å². The highest BCUT2D eigenvalue weighted by atomic mass is 17.1. The number of ether oxygens (including phenoxy) is 5. The van der Waals surface area contributed by atoms with Gasteiger partial charge in [0.05, 0.1) is 49.9 Å². The van der Waals surface area contributed by atoms with Gasteiger partial charge in [0.25, 0.3) is 0 Å². The molecule has 0 spiro atoms. The highest BCUT2D eigenvalue weighted by Gasteiger charge is 2.38. The van der Waals surface area contributed by atoms with E-state index in [9.17, 15) is 15.2 Å². The Bertz CT molecular complexity index is 515. The summed E-state index contributed by atoms with van der Waals surface area (Å²) in [5, 5.41) is 27.6. The Morgan fingerprint density at radius 3 is 1.93 bits per heavy atom. The molecule has 10 heteroatoms. The minimum absolute atomic E-state index is 0.00997. The highest BCUT2D eigenvalue weighted by molar-refractivity contribution is 5.87. The standard InChI is InChI=1S/C19H30O10/c1-5-24-13-26-10-19(11-27-14-25-6-2,7-17(29-23)15(3)8-20)12-28-18(22)16(4)9-21/h5-6,17,20-21,23H,1-4,7-14H2. The molecule has 0 fully saturated rings. The second kappa shape index (κ2) is 15.7. The second-order valence-electron chi connectivity index (χ2n) is 6.05. The van der Waals surface area contributed by atoms with Crippen molar-refractivity contribution in [2.75, 3.05) is 46.6 Å². The summed E-state index contributed by atoms with van der Waals surface area (Å²) in [6.45, 7) is 12.2. The first-order valence-corrected chi connectivity index (χ1v) is 8.54. The molecule has 0 aliphatic heterocycles. The Balaban J connectivity index is 5.51. The van der Waals surface area contributed by atoms with Gasteiger partial charge in [0.15, 0.2) is 13.6 Å². The molecule has 0 aliphatic rings. The molecule has 0 aromatic carbocycles. The smallest absolute Gasteiger partial charge is 0.335 e. The average Bonchev–Trinajstić information content (AvgIpc) is 2.74. The van der Waals surface area contributed by atoms with E-state index in [0.29, 0.717) is 0 Å². The van der Waals surface area contributed by atoms with Gasteiger partial charge in [0.2, 0.25) is 0 Å². The van der Waals surface area contributed by atoms with Crippen molar-refractivity contribution in [2.24, 2.45) is 5.41 Å². The molecule has 0 aromatic heterocycles. The maximum atomic E-state index is 11.9. The van der Waals surface area contributed by atoms with Crippen molar-refractivity contribution >= 4 is 5.97 Å². The first kappa shape index (κ1) is 26.8. The van der Waals surface area contributed by atoms with E-state index in [1.165, 1.54) is 12.5 Å². The van der Waals surface area contributed by atoms with Crippen LogP contribution in [0.15, 0.2) is 50.0 Å². The van der Waals surface area contributed by atoms with Crippen molar-refractivity contribution in [3.05, 3.63) is 50.0 Å². The van der Waals surface area contributed by atoms with Gasteiger partial charge in [-0.15, -0.1) is 0 Å². The van der Waals surface area contributed by atoms with Crippen LogP contribution >= 0.6 is 0 Å². The van der Waals surface area contributed by atoms with E-state index >= 15 is 0 Å². The Labute approximate surface area is 170 Å². The lowest BCUT2D eigenvalue weighted by Gasteiger charge is -2.35. The third-order valence-corrected chi connectivity index (χ3v) is 3.75. The molecule has 0 aromatic rings. The summed E-state index contributed by atoms with van der Waals surface area (Å²) in [4.78, 5) is 16.4. The number of carbonyl (C=O) groups is 1. The molecule has 166 valence electrons. The number of aliphatic hydroxyl groups is 2. The van der Waals surface area contributed by atoms with Crippen LogP contribution in [0.5, 0.6) is 0 Å². The normalized spacial score (nSPS) is 12.0. The maximum absolute atomic E-state index is 11.9. The van der Waals surface area contributed by atoms with E-state index in [0.717, 1.165) is 0 Å². The van der Waals surface area contributed by atoms with Gasteiger partial charge in [-0.3, -0.25) is 5.26 Å². The number of aliphatic hydroxyl groups excluding tert-OH is 2. The first-order chi connectivity index (χ1) is 13.9. The molecule has 0 saturated heterocycles. The molecule has 0 aliphatic carbocycles. The number of carbonyl (C=O) groups excluding carboxylic acids is 1. The fraction of sp³-hybridized carbons (Fsp3) is 0.526. The van der Waals surface area contributed by atoms with Crippen LogP contribution in [0.3, 0.4) is 0 Å². The third kappa shape index (κ3) is 10.8. The topological polar surface area (TPSA) is 133 Å². The van der Waals surface area contributed by atoms with E-state index in [1.807, 2.05) is 0 Å². The van der Waals surface area contributed by atoms with Crippen LogP contribution in [0.25, 0.3) is 0 Å². The summed E-state index contributed by atoms with van der Waals surface area (Å²) in [7, 11) is 0. The summed E-state index contributed by atoms with van der Waals surface area (Å²) in [5.74, 6) is -0.816. The number of hydrogen-bond donors (Lipinski definition) is 3. The molecule has 0 saturated carbocycles. The Morgan fingerprint density at radius 1 is 0.966 bits per heavy atom. The maximum Gasteiger partial charge on any atom is 0.335 e. The summed E-state index contributed by atoms with van der Waals surface area (Å²) in [6, 6.07) is 0. The van der Waals surface area contributed by atoms with E-state index in [1.54, 1.807) is 0 Å². The third-order valence-electron chi connectivity index (χ3n) is 3.75. The Hall–Kier alpha value is -2.21. The second-order valence-corrected chi connectivity index (χ2v) is 6.05. The zero-order valence-corrected chi connectivity index (χ0v) is 16.4. The molecular weight excluding hydrogens is 388 g/mol. The summed E-state index contributed by atoms with van der Waals surface area (Å²) < 4.78 is 26.0.